The Bertz CT molecular complexity index is 719. The molecule has 1 fully saturated rings. The zero-order chi connectivity index (χ0) is 27.4. The van der Waals surface area contributed by atoms with Gasteiger partial charge in [-0.15, -0.1) is 0 Å². The van der Waals surface area contributed by atoms with E-state index in [0.717, 1.165) is 25.5 Å². The van der Waals surface area contributed by atoms with E-state index >= 15 is 0 Å². The van der Waals surface area contributed by atoms with Crippen LogP contribution in [-0.4, -0.2) is 45.0 Å². The van der Waals surface area contributed by atoms with E-state index in [-0.39, 0.29) is 34.9 Å². The summed E-state index contributed by atoms with van der Waals surface area (Å²) in [5, 5.41) is 0.0834. The van der Waals surface area contributed by atoms with Crippen LogP contribution in [0.4, 0.5) is 0 Å². The number of allylic oxidation sites excluding steroid dienone is 2. The molecule has 36 heavy (non-hydrogen) atoms. The van der Waals surface area contributed by atoms with Crippen LogP contribution in [-0.2, 0) is 23.5 Å². The molecule has 0 amide bonds. The highest BCUT2D eigenvalue weighted by molar-refractivity contribution is 6.74. The van der Waals surface area contributed by atoms with Crippen molar-refractivity contribution in [2.45, 2.75) is 136 Å². The van der Waals surface area contributed by atoms with Crippen LogP contribution in [0.3, 0.4) is 0 Å². The van der Waals surface area contributed by atoms with Crippen molar-refractivity contribution in [1.82, 2.24) is 0 Å². The fraction of sp³-hybridized carbons (Fsp3) is 0.800. The molecular weight excluding hydrogens is 468 g/mol. The Kier molecular flexibility index (Phi) is 14.1. The molecule has 1 saturated heterocycles. The summed E-state index contributed by atoms with van der Waals surface area (Å²) in [4.78, 5) is 23.8. The van der Waals surface area contributed by atoms with Gasteiger partial charge in [0.25, 0.3) is 0 Å². The minimum Gasteiger partial charge on any atom is -0.411 e. The third-order valence-electron chi connectivity index (χ3n) is 7.59. The lowest BCUT2D eigenvalue weighted by atomic mass is 9.82. The van der Waals surface area contributed by atoms with Crippen molar-refractivity contribution >= 4 is 20.4 Å². The van der Waals surface area contributed by atoms with Crippen LogP contribution in [0, 0.1) is 11.8 Å². The molecule has 0 spiro atoms. The van der Waals surface area contributed by atoms with E-state index in [9.17, 15) is 9.59 Å². The van der Waals surface area contributed by atoms with Gasteiger partial charge in [-0.1, -0.05) is 64.8 Å². The summed E-state index contributed by atoms with van der Waals surface area (Å²) in [5.74, 6) is -0.787. The van der Waals surface area contributed by atoms with Crippen LogP contribution in [0.5, 0.6) is 0 Å². The summed E-state index contributed by atoms with van der Waals surface area (Å²) in [6.07, 6.45) is 16.8. The molecule has 0 saturated carbocycles. The predicted octanol–water partition coefficient (Wildman–Crippen LogP) is 7.80. The number of carbonyl (C=O) groups excluding carboxylic acids is 2. The highest BCUT2D eigenvalue weighted by Crippen LogP contribution is 2.38. The molecular formula is C30H54O5Si. The largest absolute Gasteiger partial charge is 0.411 e. The Morgan fingerprint density at radius 2 is 1.81 bits per heavy atom. The molecule has 0 aromatic carbocycles. The second-order valence-electron chi connectivity index (χ2n) is 12.3. The highest BCUT2D eigenvalue weighted by Gasteiger charge is 2.41. The summed E-state index contributed by atoms with van der Waals surface area (Å²) in [6, 6.07) is 0. The molecule has 1 aliphatic rings. The molecule has 0 bridgehead atoms. The molecule has 0 N–H and O–H groups in total. The Morgan fingerprint density at radius 1 is 1.11 bits per heavy atom. The van der Waals surface area contributed by atoms with E-state index in [2.05, 4.69) is 65.1 Å². The van der Waals surface area contributed by atoms with Crippen molar-refractivity contribution in [2.75, 3.05) is 6.61 Å². The van der Waals surface area contributed by atoms with Crippen molar-refractivity contribution in [1.29, 1.82) is 0 Å². The van der Waals surface area contributed by atoms with Crippen LogP contribution in [0.15, 0.2) is 24.3 Å². The smallest absolute Gasteiger partial charge is 0.192 e. The minimum atomic E-state index is -2.01. The summed E-state index contributed by atoms with van der Waals surface area (Å²) >= 11 is 0. The van der Waals surface area contributed by atoms with Crippen LogP contribution >= 0.6 is 0 Å². The number of rotatable bonds is 17. The first-order valence-electron chi connectivity index (χ1n) is 14.0. The van der Waals surface area contributed by atoms with Crippen molar-refractivity contribution in [3.05, 3.63) is 24.3 Å². The van der Waals surface area contributed by atoms with Gasteiger partial charge in [-0.25, -0.2) is 0 Å². The normalized spacial score (nSPS) is 21.2. The molecule has 1 aliphatic heterocycles. The van der Waals surface area contributed by atoms with E-state index in [1.807, 2.05) is 13.8 Å². The quantitative estimate of drug-likeness (QED) is 0.0844. The maximum Gasteiger partial charge on any atom is 0.192 e. The van der Waals surface area contributed by atoms with Crippen LogP contribution in [0.2, 0.25) is 18.1 Å². The Morgan fingerprint density at radius 3 is 2.33 bits per heavy atom. The van der Waals surface area contributed by atoms with E-state index < -0.39 is 14.1 Å². The molecule has 1 unspecified atom stereocenters. The Balaban J connectivity index is 3.18. The molecule has 0 aromatic heterocycles. The van der Waals surface area contributed by atoms with Gasteiger partial charge < -0.3 is 18.7 Å². The number of ketones is 1. The summed E-state index contributed by atoms with van der Waals surface area (Å²) in [7, 11) is -2.01. The SMILES string of the molecule is CCCCC/C=C\C[C@H](C(C)=O)[C@H](/C=C/C(CCCC=O)O[Si](C)(C)C(C)(C)C)[C@H]1COC(C)(C)O1. The third kappa shape index (κ3) is 11.5. The van der Waals surface area contributed by atoms with E-state index in [4.69, 9.17) is 13.9 Å². The summed E-state index contributed by atoms with van der Waals surface area (Å²) < 4.78 is 18.9. The van der Waals surface area contributed by atoms with Crippen molar-refractivity contribution in [3.8, 4) is 0 Å². The molecule has 6 heteroatoms. The topological polar surface area (TPSA) is 61.8 Å². The number of aldehydes is 1. The monoisotopic (exact) mass is 522 g/mol. The lowest BCUT2D eigenvalue weighted by Gasteiger charge is -2.39. The average molecular weight is 523 g/mol. The van der Waals surface area contributed by atoms with Crippen LogP contribution < -0.4 is 0 Å². The summed E-state index contributed by atoms with van der Waals surface area (Å²) in [5.41, 5.74) is 0. The van der Waals surface area contributed by atoms with Gasteiger partial charge in [-0.05, 0) is 71.0 Å². The van der Waals surface area contributed by atoms with Gasteiger partial charge in [0.15, 0.2) is 14.1 Å². The zero-order valence-electron chi connectivity index (χ0n) is 24.6. The Hall–Kier alpha value is -1.08. The van der Waals surface area contributed by atoms with E-state index in [1.54, 1.807) is 6.92 Å². The van der Waals surface area contributed by atoms with Crippen molar-refractivity contribution in [3.63, 3.8) is 0 Å². The Labute approximate surface area is 222 Å². The molecule has 0 radical (unpaired) electrons. The maximum atomic E-state index is 12.9. The lowest BCUT2D eigenvalue weighted by molar-refractivity contribution is -0.147. The number of hydrogen-bond acceptors (Lipinski definition) is 5. The zero-order valence-corrected chi connectivity index (χ0v) is 25.6. The second-order valence-corrected chi connectivity index (χ2v) is 17.0. The maximum absolute atomic E-state index is 12.9. The van der Waals surface area contributed by atoms with Crippen molar-refractivity contribution in [2.24, 2.45) is 11.8 Å². The standard InChI is InChI=1S/C30H54O5Si/c1-10-11-12-13-14-15-19-26(24(2)32)27(28-23-33-30(6,7)34-28)21-20-25(18-16-17-22-31)35-36(8,9)29(3,4)5/h14-15,20-22,25-28H,10-13,16-19,23H2,1-9H3/b15-14-,21-20+/t25?,26-,27+,28-/m1/s1. The van der Waals surface area contributed by atoms with Gasteiger partial charge in [0.05, 0.1) is 18.8 Å². The minimum absolute atomic E-state index is 0.0834. The van der Waals surface area contributed by atoms with Crippen LogP contribution in [0.25, 0.3) is 0 Å². The highest BCUT2D eigenvalue weighted by atomic mass is 28.4. The first-order chi connectivity index (χ1) is 16.7. The lowest BCUT2D eigenvalue weighted by Crippen LogP contribution is -2.43. The number of unbranched alkanes of at least 4 members (excludes halogenated alkanes) is 4. The molecule has 5 nitrogen and oxygen atoms in total. The molecule has 0 aliphatic carbocycles. The molecule has 0 aromatic rings. The molecule has 208 valence electrons. The van der Waals surface area contributed by atoms with E-state index in [1.165, 1.54) is 19.3 Å². The predicted molar refractivity (Wildman–Crippen MR) is 152 cm³/mol. The van der Waals surface area contributed by atoms with Gasteiger partial charge >= 0.3 is 0 Å². The first-order valence-corrected chi connectivity index (χ1v) is 16.9. The fourth-order valence-corrected chi connectivity index (χ4v) is 5.60. The summed E-state index contributed by atoms with van der Waals surface area (Å²) in [6.45, 7) is 19.4. The first kappa shape index (κ1) is 32.9. The van der Waals surface area contributed by atoms with Crippen molar-refractivity contribution < 1.29 is 23.5 Å². The second kappa shape index (κ2) is 15.4. The molecule has 1 rings (SSSR count). The number of Topliss-reactive ketones (excluding diaryl/α,β-unsaturated/α-hetero) is 1. The van der Waals surface area contributed by atoms with Crippen LogP contribution in [0.1, 0.15) is 99.8 Å². The van der Waals surface area contributed by atoms with E-state index in [0.29, 0.717) is 19.4 Å². The molecule has 1 heterocycles. The van der Waals surface area contributed by atoms with Gasteiger partial charge in [-0.2, -0.15) is 0 Å². The molecule has 4 atom stereocenters. The fourth-order valence-electron chi connectivity index (χ4n) is 4.29. The van der Waals surface area contributed by atoms with Gasteiger partial charge in [-0.3, -0.25) is 4.79 Å². The van der Waals surface area contributed by atoms with Gasteiger partial charge in [0, 0.05) is 18.3 Å². The van der Waals surface area contributed by atoms with Gasteiger partial charge in [0.1, 0.15) is 12.1 Å². The van der Waals surface area contributed by atoms with Gasteiger partial charge in [0.2, 0.25) is 0 Å². The third-order valence-corrected chi connectivity index (χ3v) is 12.1. The average Bonchev–Trinajstić information content (AvgIpc) is 3.12. The number of ether oxygens (including phenoxy) is 2. The number of carbonyl (C=O) groups is 2. The number of hydrogen-bond donors (Lipinski definition) is 0.